The van der Waals surface area contributed by atoms with Gasteiger partial charge in [-0.3, -0.25) is 9.36 Å². The van der Waals surface area contributed by atoms with E-state index in [0.717, 1.165) is 28.3 Å². The summed E-state index contributed by atoms with van der Waals surface area (Å²) in [6.07, 6.45) is 4.22. The molecule has 0 saturated carbocycles. The molecule has 0 radical (unpaired) electrons. The molecule has 0 amide bonds. The van der Waals surface area contributed by atoms with E-state index in [1.807, 2.05) is 49.4 Å². The predicted molar refractivity (Wildman–Crippen MR) is 119 cm³/mol. The molecule has 1 aromatic heterocycles. The van der Waals surface area contributed by atoms with E-state index in [-0.39, 0.29) is 11.0 Å². The molecule has 0 aliphatic carbocycles. The Kier molecular flexibility index (Phi) is 6.48. The van der Waals surface area contributed by atoms with Crippen LogP contribution >= 0.6 is 11.8 Å². The van der Waals surface area contributed by atoms with E-state index < -0.39 is 0 Å². The van der Waals surface area contributed by atoms with Crippen molar-refractivity contribution in [2.45, 2.75) is 51.0 Å². The van der Waals surface area contributed by atoms with Crippen molar-refractivity contribution in [3.63, 3.8) is 0 Å². The number of nitrogens with zero attached hydrogens (tertiary/aromatic N) is 2. The summed E-state index contributed by atoms with van der Waals surface area (Å²) in [4.78, 5) is 18.3. The first-order chi connectivity index (χ1) is 13.8. The molecule has 29 heavy (non-hydrogen) atoms. The van der Waals surface area contributed by atoms with Gasteiger partial charge in [-0.1, -0.05) is 57.2 Å². The molecule has 3 rings (SSSR count). The molecule has 4 nitrogen and oxygen atoms in total. The third kappa shape index (κ3) is 5.51. The van der Waals surface area contributed by atoms with Crippen LogP contribution in [-0.2, 0) is 6.42 Å². The molecule has 152 valence electrons. The molecule has 0 N–H and O–H groups in total. The van der Waals surface area contributed by atoms with Crippen LogP contribution in [0.4, 0.5) is 0 Å². The van der Waals surface area contributed by atoms with E-state index in [9.17, 15) is 4.79 Å². The van der Waals surface area contributed by atoms with E-state index >= 15 is 0 Å². The van der Waals surface area contributed by atoms with Crippen LogP contribution in [0.15, 0.2) is 69.6 Å². The Hall–Kier alpha value is -2.53. The lowest BCUT2D eigenvalue weighted by Crippen LogP contribution is -2.21. The highest BCUT2D eigenvalue weighted by molar-refractivity contribution is 7.99. The van der Waals surface area contributed by atoms with Gasteiger partial charge in [-0.05, 0) is 54.7 Å². The van der Waals surface area contributed by atoms with Gasteiger partial charge in [0.05, 0.1) is 6.61 Å². The number of ether oxygens (including phenoxy) is 1. The fourth-order valence-corrected chi connectivity index (χ4v) is 3.61. The Morgan fingerprint density at radius 3 is 2.48 bits per heavy atom. The summed E-state index contributed by atoms with van der Waals surface area (Å²) in [6, 6.07) is 14.0. The minimum atomic E-state index is -0.122. The Morgan fingerprint density at radius 2 is 1.83 bits per heavy atom. The first-order valence-electron chi connectivity index (χ1n) is 9.85. The van der Waals surface area contributed by atoms with E-state index in [0.29, 0.717) is 11.6 Å². The zero-order chi connectivity index (χ0) is 21.0. The summed E-state index contributed by atoms with van der Waals surface area (Å²) in [6.45, 7) is 11.2. The summed E-state index contributed by atoms with van der Waals surface area (Å²) in [5.41, 5.74) is 3.07. The third-order valence-corrected chi connectivity index (χ3v) is 5.39. The Labute approximate surface area is 177 Å². The van der Waals surface area contributed by atoms with Crippen molar-refractivity contribution < 1.29 is 4.74 Å². The van der Waals surface area contributed by atoms with E-state index in [1.165, 1.54) is 17.3 Å². The van der Waals surface area contributed by atoms with E-state index in [4.69, 9.17) is 4.74 Å². The second-order valence-corrected chi connectivity index (χ2v) is 9.38. The Bertz CT molecular complexity index is 1030. The van der Waals surface area contributed by atoms with Crippen molar-refractivity contribution in [1.82, 2.24) is 9.55 Å². The molecule has 0 unspecified atom stereocenters. The lowest BCUT2D eigenvalue weighted by Gasteiger charge is -2.20. The van der Waals surface area contributed by atoms with Crippen LogP contribution in [0.1, 0.15) is 38.8 Å². The molecule has 2 aromatic carbocycles. The second-order valence-electron chi connectivity index (χ2n) is 8.32. The monoisotopic (exact) mass is 408 g/mol. The largest absolute Gasteiger partial charge is 0.493 e. The van der Waals surface area contributed by atoms with E-state index in [2.05, 4.69) is 32.7 Å². The van der Waals surface area contributed by atoms with Gasteiger partial charge < -0.3 is 4.74 Å². The van der Waals surface area contributed by atoms with Crippen LogP contribution in [-0.4, -0.2) is 16.2 Å². The fourth-order valence-electron chi connectivity index (χ4n) is 2.81. The van der Waals surface area contributed by atoms with Crippen LogP contribution in [0.2, 0.25) is 0 Å². The zero-order valence-electron chi connectivity index (χ0n) is 17.7. The molecular formula is C24H28N2O2S. The third-order valence-electron chi connectivity index (χ3n) is 4.41. The maximum atomic E-state index is 13.0. The topological polar surface area (TPSA) is 44.1 Å². The van der Waals surface area contributed by atoms with Crippen LogP contribution < -0.4 is 10.3 Å². The predicted octanol–water partition coefficient (Wildman–Crippen LogP) is 5.68. The minimum absolute atomic E-state index is 0.0911. The zero-order valence-corrected chi connectivity index (χ0v) is 18.5. The van der Waals surface area contributed by atoms with Gasteiger partial charge in [-0.15, -0.1) is 0 Å². The molecule has 0 saturated heterocycles. The van der Waals surface area contributed by atoms with Crippen molar-refractivity contribution >= 4 is 11.8 Å². The van der Waals surface area contributed by atoms with Crippen LogP contribution in [0.5, 0.6) is 5.75 Å². The molecule has 0 aliphatic rings. The van der Waals surface area contributed by atoms with Crippen molar-refractivity contribution in [2.24, 2.45) is 5.41 Å². The molecule has 1 heterocycles. The average Bonchev–Trinajstić information content (AvgIpc) is 2.69. The van der Waals surface area contributed by atoms with Gasteiger partial charge >= 0.3 is 0 Å². The number of aromatic nitrogens is 2. The number of rotatable bonds is 6. The average molecular weight is 409 g/mol. The van der Waals surface area contributed by atoms with Gasteiger partial charge in [0.2, 0.25) is 0 Å². The Balaban J connectivity index is 1.90. The van der Waals surface area contributed by atoms with Gasteiger partial charge in [-0.25, -0.2) is 4.98 Å². The van der Waals surface area contributed by atoms with Gasteiger partial charge in [0.15, 0.2) is 5.03 Å². The van der Waals surface area contributed by atoms with E-state index in [1.54, 1.807) is 17.0 Å². The summed E-state index contributed by atoms with van der Waals surface area (Å²) < 4.78 is 7.67. The highest BCUT2D eigenvalue weighted by Gasteiger charge is 2.14. The van der Waals surface area contributed by atoms with Gasteiger partial charge in [0, 0.05) is 23.0 Å². The van der Waals surface area contributed by atoms with Crippen molar-refractivity contribution in [2.75, 3.05) is 6.61 Å². The first kappa shape index (κ1) is 21.2. The Morgan fingerprint density at radius 1 is 1.10 bits per heavy atom. The molecule has 0 spiro atoms. The molecule has 0 fully saturated rings. The standard InChI is InChI=1S/C24H28N2O2S/c1-6-18-15-19(9-12-21(18)28-16-24(3,4)5)26-14-13-25-22(23(26)27)29-20-10-7-17(2)8-11-20/h7-15H,6,16H2,1-5H3. The summed E-state index contributed by atoms with van der Waals surface area (Å²) in [7, 11) is 0. The lowest BCUT2D eigenvalue weighted by molar-refractivity contribution is 0.196. The summed E-state index contributed by atoms with van der Waals surface area (Å²) >= 11 is 1.39. The summed E-state index contributed by atoms with van der Waals surface area (Å²) in [5.74, 6) is 0.877. The molecule has 3 aromatic rings. The molecular weight excluding hydrogens is 380 g/mol. The summed E-state index contributed by atoms with van der Waals surface area (Å²) in [5, 5.41) is 0.461. The fraction of sp³-hybridized carbons (Fsp3) is 0.333. The maximum Gasteiger partial charge on any atom is 0.287 e. The minimum Gasteiger partial charge on any atom is -0.493 e. The van der Waals surface area contributed by atoms with Crippen molar-refractivity contribution in [3.05, 3.63) is 76.3 Å². The number of hydrogen-bond donors (Lipinski definition) is 0. The molecule has 0 bridgehead atoms. The lowest BCUT2D eigenvalue weighted by atomic mass is 9.98. The number of hydrogen-bond acceptors (Lipinski definition) is 4. The van der Waals surface area contributed by atoms with Crippen LogP contribution in [0.3, 0.4) is 0 Å². The normalized spacial score (nSPS) is 11.5. The van der Waals surface area contributed by atoms with Gasteiger partial charge in [0.1, 0.15) is 5.75 Å². The SMILES string of the molecule is CCc1cc(-n2ccnc(Sc3ccc(C)cc3)c2=O)ccc1OCC(C)(C)C. The number of benzene rings is 2. The van der Waals surface area contributed by atoms with Crippen LogP contribution in [0, 0.1) is 12.3 Å². The van der Waals surface area contributed by atoms with Crippen molar-refractivity contribution in [1.29, 1.82) is 0 Å². The van der Waals surface area contributed by atoms with Crippen molar-refractivity contribution in [3.8, 4) is 11.4 Å². The number of aryl methyl sites for hydroxylation is 2. The molecule has 5 heteroatoms. The quantitative estimate of drug-likeness (QED) is 0.526. The highest BCUT2D eigenvalue weighted by Crippen LogP contribution is 2.26. The highest BCUT2D eigenvalue weighted by atomic mass is 32.2. The second kappa shape index (κ2) is 8.87. The molecule has 0 aliphatic heterocycles. The van der Waals surface area contributed by atoms with Gasteiger partial charge in [-0.2, -0.15) is 0 Å². The molecule has 0 atom stereocenters. The first-order valence-corrected chi connectivity index (χ1v) is 10.7. The maximum absolute atomic E-state index is 13.0. The van der Waals surface area contributed by atoms with Gasteiger partial charge in [0.25, 0.3) is 5.56 Å². The van der Waals surface area contributed by atoms with Crippen LogP contribution in [0.25, 0.3) is 5.69 Å². The smallest absolute Gasteiger partial charge is 0.287 e.